The SMILES string of the molecule is O=C(CCc1ccccc1)N1C(=O)OC[C@H]1c1ccccc1. The van der Waals surface area contributed by atoms with Crippen molar-refractivity contribution >= 4 is 12.0 Å². The Morgan fingerprint density at radius 3 is 2.36 bits per heavy atom. The third kappa shape index (κ3) is 3.01. The summed E-state index contributed by atoms with van der Waals surface area (Å²) in [5, 5.41) is 0. The average molecular weight is 295 g/mol. The highest BCUT2D eigenvalue weighted by molar-refractivity contribution is 5.93. The van der Waals surface area contributed by atoms with E-state index < -0.39 is 6.09 Å². The van der Waals surface area contributed by atoms with Crippen LogP contribution in [-0.2, 0) is 16.0 Å². The number of ether oxygens (including phenoxy) is 1. The highest BCUT2D eigenvalue weighted by atomic mass is 16.6. The maximum absolute atomic E-state index is 12.4. The fourth-order valence-corrected chi connectivity index (χ4v) is 2.63. The molecule has 1 saturated heterocycles. The Balaban J connectivity index is 1.71. The smallest absolute Gasteiger partial charge is 0.417 e. The van der Waals surface area contributed by atoms with E-state index >= 15 is 0 Å². The van der Waals surface area contributed by atoms with Crippen LogP contribution in [0.4, 0.5) is 4.79 Å². The lowest BCUT2D eigenvalue weighted by molar-refractivity contribution is -0.129. The van der Waals surface area contributed by atoms with Crippen LogP contribution in [0.25, 0.3) is 0 Å². The van der Waals surface area contributed by atoms with Crippen molar-refractivity contribution in [3.05, 3.63) is 71.8 Å². The van der Waals surface area contributed by atoms with Gasteiger partial charge in [-0.15, -0.1) is 0 Å². The molecule has 1 fully saturated rings. The molecular weight excluding hydrogens is 278 g/mol. The van der Waals surface area contributed by atoms with E-state index in [1.807, 2.05) is 60.7 Å². The molecule has 0 aromatic heterocycles. The Morgan fingerprint density at radius 2 is 1.68 bits per heavy atom. The second-order valence-corrected chi connectivity index (χ2v) is 5.25. The average Bonchev–Trinajstić information content (AvgIpc) is 2.96. The molecule has 0 saturated carbocycles. The minimum absolute atomic E-state index is 0.194. The number of rotatable bonds is 4. The normalized spacial score (nSPS) is 17.4. The van der Waals surface area contributed by atoms with Crippen molar-refractivity contribution in [2.45, 2.75) is 18.9 Å². The first-order valence-corrected chi connectivity index (χ1v) is 7.33. The van der Waals surface area contributed by atoms with Gasteiger partial charge in [0, 0.05) is 6.42 Å². The predicted octanol–water partition coefficient (Wildman–Crippen LogP) is 3.34. The molecule has 0 N–H and O–H groups in total. The molecule has 112 valence electrons. The number of nitrogens with zero attached hydrogens (tertiary/aromatic N) is 1. The summed E-state index contributed by atoms with van der Waals surface area (Å²) in [5.74, 6) is -0.194. The molecule has 0 aliphatic carbocycles. The fraction of sp³-hybridized carbons (Fsp3) is 0.222. The van der Waals surface area contributed by atoms with Crippen LogP contribution in [0.5, 0.6) is 0 Å². The van der Waals surface area contributed by atoms with Crippen molar-refractivity contribution in [3.8, 4) is 0 Å². The third-order valence-electron chi connectivity index (χ3n) is 3.80. The maximum atomic E-state index is 12.4. The van der Waals surface area contributed by atoms with E-state index in [0.29, 0.717) is 12.8 Å². The lowest BCUT2D eigenvalue weighted by Crippen LogP contribution is -2.34. The predicted molar refractivity (Wildman–Crippen MR) is 82.1 cm³/mol. The summed E-state index contributed by atoms with van der Waals surface area (Å²) in [5.41, 5.74) is 2.00. The summed E-state index contributed by atoms with van der Waals surface area (Å²) in [4.78, 5) is 25.6. The molecule has 3 rings (SSSR count). The molecule has 0 bridgehead atoms. The number of carbonyl (C=O) groups excluding carboxylic acids is 2. The second-order valence-electron chi connectivity index (χ2n) is 5.25. The highest BCUT2D eigenvalue weighted by Crippen LogP contribution is 2.28. The quantitative estimate of drug-likeness (QED) is 0.869. The van der Waals surface area contributed by atoms with E-state index in [4.69, 9.17) is 4.74 Å². The maximum Gasteiger partial charge on any atom is 0.417 e. The van der Waals surface area contributed by atoms with Gasteiger partial charge in [-0.1, -0.05) is 60.7 Å². The Morgan fingerprint density at radius 1 is 1.05 bits per heavy atom. The van der Waals surface area contributed by atoms with Crippen LogP contribution in [-0.4, -0.2) is 23.5 Å². The minimum Gasteiger partial charge on any atom is -0.446 e. The number of amides is 2. The molecule has 2 amide bonds. The third-order valence-corrected chi connectivity index (χ3v) is 3.80. The van der Waals surface area contributed by atoms with E-state index in [1.54, 1.807) is 0 Å². The van der Waals surface area contributed by atoms with Crippen molar-refractivity contribution in [2.75, 3.05) is 6.61 Å². The number of aryl methyl sites for hydroxylation is 1. The topological polar surface area (TPSA) is 46.6 Å². The molecule has 0 unspecified atom stereocenters. The van der Waals surface area contributed by atoms with Gasteiger partial charge in [0.25, 0.3) is 0 Å². The van der Waals surface area contributed by atoms with Crippen molar-refractivity contribution in [2.24, 2.45) is 0 Å². The van der Waals surface area contributed by atoms with E-state index in [-0.39, 0.29) is 18.6 Å². The van der Waals surface area contributed by atoms with Gasteiger partial charge in [0.15, 0.2) is 0 Å². The Hall–Kier alpha value is -2.62. The van der Waals surface area contributed by atoms with Crippen molar-refractivity contribution < 1.29 is 14.3 Å². The van der Waals surface area contributed by atoms with Crippen molar-refractivity contribution in [1.82, 2.24) is 4.90 Å². The van der Waals surface area contributed by atoms with Crippen LogP contribution >= 0.6 is 0 Å². The Labute approximate surface area is 129 Å². The number of imide groups is 1. The van der Waals surface area contributed by atoms with Crippen molar-refractivity contribution in [1.29, 1.82) is 0 Å². The van der Waals surface area contributed by atoms with Gasteiger partial charge in [0.05, 0.1) is 0 Å². The van der Waals surface area contributed by atoms with Crippen LogP contribution in [0.15, 0.2) is 60.7 Å². The molecule has 1 heterocycles. The van der Waals surface area contributed by atoms with Gasteiger partial charge in [0.2, 0.25) is 5.91 Å². The summed E-state index contributed by atoms with van der Waals surface area (Å²) in [6.45, 7) is 0.222. The summed E-state index contributed by atoms with van der Waals surface area (Å²) in [6, 6.07) is 19.0. The van der Waals surface area contributed by atoms with Gasteiger partial charge in [-0.3, -0.25) is 4.79 Å². The molecule has 0 spiro atoms. The number of hydrogen-bond donors (Lipinski definition) is 0. The first kappa shape index (κ1) is 14.3. The zero-order valence-electron chi connectivity index (χ0n) is 12.1. The van der Waals surface area contributed by atoms with Crippen LogP contribution in [0.1, 0.15) is 23.6 Å². The van der Waals surface area contributed by atoms with Gasteiger partial charge < -0.3 is 4.74 Å². The van der Waals surface area contributed by atoms with Gasteiger partial charge in [-0.05, 0) is 17.5 Å². The molecule has 2 aromatic rings. The minimum atomic E-state index is -0.549. The van der Waals surface area contributed by atoms with Crippen LogP contribution < -0.4 is 0 Å². The van der Waals surface area contributed by atoms with E-state index in [9.17, 15) is 9.59 Å². The Bertz CT molecular complexity index is 655. The number of hydrogen-bond acceptors (Lipinski definition) is 3. The molecule has 1 aliphatic heterocycles. The monoisotopic (exact) mass is 295 g/mol. The largest absolute Gasteiger partial charge is 0.446 e. The number of carbonyl (C=O) groups is 2. The first-order chi connectivity index (χ1) is 10.8. The van der Waals surface area contributed by atoms with Crippen LogP contribution in [0.2, 0.25) is 0 Å². The Kier molecular flexibility index (Phi) is 4.19. The van der Waals surface area contributed by atoms with Gasteiger partial charge in [0.1, 0.15) is 12.6 Å². The standard InChI is InChI=1S/C18H17NO3/c20-17(12-11-14-7-3-1-4-8-14)19-16(13-22-18(19)21)15-9-5-2-6-10-15/h1-10,16H,11-13H2/t16-/m0/s1. The first-order valence-electron chi connectivity index (χ1n) is 7.33. The van der Waals surface area contributed by atoms with Gasteiger partial charge in [-0.2, -0.15) is 0 Å². The fourth-order valence-electron chi connectivity index (χ4n) is 2.63. The lowest BCUT2D eigenvalue weighted by Gasteiger charge is -2.19. The molecule has 22 heavy (non-hydrogen) atoms. The van der Waals surface area contributed by atoms with E-state index in [2.05, 4.69) is 0 Å². The number of cyclic esters (lactones) is 1. The molecule has 2 aromatic carbocycles. The van der Waals surface area contributed by atoms with Crippen molar-refractivity contribution in [3.63, 3.8) is 0 Å². The van der Waals surface area contributed by atoms with E-state index in [0.717, 1.165) is 11.1 Å². The van der Waals surface area contributed by atoms with Crippen LogP contribution in [0, 0.1) is 0 Å². The summed E-state index contributed by atoms with van der Waals surface area (Å²) >= 11 is 0. The van der Waals surface area contributed by atoms with E-state index in [1.165, 1.54) is 4.90 Å². The molecule has 0 radical (unpaired) electrons. The van der Waals surface area contributed by atoms with Gasteiger partial charge in [-0.25, -0.2) is 9.69 Å². The summed E-state index contributed by atoms with van der Waals surface area (Å²) in [6.07, 6.45) is 0.361. The lowest BCUT2D eigenvalue weighted by atomic mass is 10.1. The van der Waals surface area contributed by atoms with Gasteiger partial charge >= 0.3 is 6.09 Å². The summed E-state index contributed by atoms with van der Waals surface area (Å²) < 4.78 is 5.07. The van der Waals surface area contributed by atoms with Crippen LogP contribution in [0.3, 0.4) is 0 Å². The zero-order valence-corrected chi connectivity index (χ0v) is 12.1. The molecule has 1 aliphatic rings. The molecule has 4 heteroatoms. The second kappa shape index (κ2) is 6.43. The molecular formula is C18H17NO3. The molecule has 4 nitrogen and oxygen atoms in total. The highest BCUT2D eigenvalue weighted by Gasteiger charge is 2.38. The molecule has 1 atom stereocenters. The zero-order chi connectivity index (χ0) is 15.4. The summed E-state index contributed by atoms with van der Waals surface area (Å²) in [7, 11) is 0. The number of benzene rings is 2.